The second-order valence-corrected chi connectivity index (χ2v) is 6.81. The van der Waals surface area contributed by atoms with E-state index in [1.807, 2.05) is 65.8 Å². The van der Waals surface area contributed by atoms with Crippen molar-refractivity contribution in [3.05, 3.63) is 102 Å². The Morgan fingerprint density at radius 3 is 2.10 bits per heavy atom. The smallest absolute Gasteiger partial charge is 0.209 e. The van der Waals surface area contributed by atoms with Gasteiger partial charge in [0.15, 0.2) is 0 Å². The first-order valence-electron chi connectivity index (χ1n) is 9.83. The highest BCUT2D eigenvalue weighted by Crippen LogP contribution is 2.23. The summed E-state index contributed by atoms with van der Waals surface area (Å²) >= 11 is 0. The summed E-state index contributed by atoms with van der Waals surface area (Å²) in [7, 11) is 1.59. The van der Waals surface area contributed by atoms with Gasteiger partial charge in [-0.3, -0.25) is 4.98 Å². The van der Waals surface area contributed by atoms with Crippen LogP contribution in [0.15, 0.2) is 84.8 Å². The van der Waals surface area contributed by atoms with Crippen LogP contribution in [0.2, 0.25) is 0 Å². The molecule has 0 saturated carbocycles. The van der Waals surface area contributed by atoms with Gasteiger partial charge in [0, 0.05) is 11.3 Å². The molecule has 0 saturated heterocycles. The molecule has 1 heterocycles. The zero-order valence-electron chi connectivity index (χ0n) is 19.7. The first-order chi connectivity index (χ1) is 14.1. The summed E-state index contributed by atoms with van der Waals surface area (Å²) in [5.41, 5.74) is 7.74. The fourth-order valence-electron chi connectivity index (χ4n) is 2.70. The molecule has 1 rings (SSSR count). The van der Waals surface area contributed by atoms with Gasteiger partial charge in [-0.05, 0) is 70.9 Å². The van der Waals surface area contributed by atoms with E-state index in [1.165, 1.54) is 0 Å². The zero-order chi connectivity index (χ0) is 23.3. The first kappa shape index (κ1) is 26.8. The Bertz CT molecular complexity index is 909. The van der Waals surface area contributed by atoms with Crippen LogP contribution in [0.3, 0.4) is 0 Å². The lowest BCUT2D eigenvalue weighted by atomic mass is 9.98. The van der Waals surface area contributed by atoms with Crippen molar-refractivity contribution in [2.45, 2.75) is 41.5 Å². The SMILES string of the molecule is C=C/C(=N\C(=C/C)OC)c1cc(/C=C\C)c(C(=C)C)c(C)n1.C=C/C(C)=C\C(=C)C. The molecular formula is C27H36N2O. The van der Waals surface area contributed by atoms with Gasteiger partial charge in [-0.15, -0.1) is 0 Å². The van der Waals surface area contributed by atoms with E-state index in [-0.39, 0.29) is 0 Å². The normalized spacial score (nSPS) is 12.2. The largest absolute Gasteiger partial charge is 0.481 e. The molecule has 160 valence electrons. The Morgan fingerprint density at radius 1 is 1.10 bits per heavy atom. The molecule has 0 N–H and O–H groups in total. The predicted molar refractivity (Wildman–Crippen MR) is 135 cm³/mol. The van der Waals surface area contributed by atoms with Crippen LogP contribution >= 0.6 is 0 Å². The lowest BCUT2D eigenvalue weighted by Crippen LogP contribution is -2.06. The van der Waals surface area contributed by atoms with Crippen LogP contribution < -0.4 is 0 Å². The third kappa shape index (κ3) is 8.87. The van der Waals surface area contributed by atoms with Crippen molar-refractivity contribution in [1.82, 2.24) is 4.98 Å². The monoisotopic (exact) mass is 404 g/mol. The maximum absolute atomic E-state index is 5.19. The summed E-state index contributed by atoms with van der Waals surface area (Å²) in [6, 6.07) is 2.00. The number of nitrogens with zero attached hydrogens (tertiary/aromatic N) is 2. The van der Waals surface area contributed by atoms with E-state index in [1.54, 1.807) is 19.3 Å². The number of aliphatic imine (C=N–C) groups is 1. The van der Waals surface area contributed by atoms with Gasteiger partial charge in [-0.2, -0.15) is 0 Å². The number of pyridine rings is 1. The topological polar surface area (TPSA) is 34.5 Å². The molecule has 0 aliphatic rings. The minimum atomic E-state index is 0.533. The maximum atomic E-state index is 5.19. The van der Waals surface area contributed by atoms with E-state index in [0.717, 1.165) is 39.2 Å². The van der Waals surface area contributed by atoms with Crippen LogP contribution in [0, 0.1) is 6.92 Å². The van der Waals surface area contributed by atoms with Gasteiger partial charge in [-0.1, -0.05) is 61.8 Å². The summed E-state index contributed by atoms with van der Waals surface area (Å²) in [6.07, 6.45) is 11.3. The van der Waals surface area contributed by atoms with Crippen molar-refractivity contribution in [3.63, 3.8) is 0 Å². The van der Waals surface area contributed by atoms with E-state index in [0.29, 0.717) is 11.6 Å². The third-order valence-corrected chi connectivity index (χ3v) is 3.94. The third-order valence-electron chi connectivity index (χ3n) is 3.94. The molecule has 30 heavy (non-hydrogen) atoms. The molecule has 0 fully saturated rings. The van der Waals surface area contributed by atoms with Crippen molar-refractivity contribution in [1.29, 1.82) is 0 Å². The van der Waals surface area contributed by atoms with Gasteiger partial charge >= 0.3 is 0 Å². The predicted octanol–water partition coefficient (Wildman–Crippen LogP) is 7.63. The minimum absolute atomic E-state index is 0.533. The number of rotatable bonds is 8. The highest BCUT2D eigenvalue weighted by atomic mass is 16.5. The lowest BCUT2D eigenvalue weighted by molar-refractivity contribution is 0.288. The molecule has 0 spiro atoms. The summed E-state index contributed by atoms with van der Waals surface area (Å²) < 4.78 is 5.19. The molecule has 1 aromatic rings. The van der Waals surface area contributed by atoms with Crippen molar-refractivity contribution in [3.8, 4) is 0 Å². The fraction of sp³-hybridized carbons (Fsp3) is 0.259. The van der Waals surface area contributed by atoms with Crippen LogP contribution in [0.5, 0.6) is 0 Å². The van der Waals surface area contributed by atoms with E-state index in [9.17, 15) is 0 Å². The van der Waals surface area contributed by atoms with Gasteiger partial charge in [0.2, 0.25) is 5.88 Å². The van der Waals surface area contributed by atoms with Gasteiger partial charge in [-0.25, -0.2) is 4.99 Å². The van der Waals surface area contributed by atoms with E-state index in [2.05, 4.69) is 42.4 Å². The number of aryl methyl sites for hydroxylation is 1. The molecule has 0 bridgehead atoms. The molecule has 0 amide bonds. The quantitative estimate of drug-likeness (QED) is 0.253. The summed E-state index contributed by atoms with van der Waals surface area (Å²) in [6.45, 7) is 27.0. The summed E-state index contributed by atoms with van der Waals surface area (Å²) in [5, 5.41) is 0. The Kier molecular flexibility index (Phi) is 12.4. The Balaban J connectivity index is 0.000000890. The summed E-state index contributed by atoms with van der Waals surface area (Å²) in [5.74, 6) is 0.533. The molecule has 0 aliphatic carbocycles. The molecule has 0 radical (unpaired) electrons. The number of allylic oxidation sites excluding steroid dienone is 8. The van der Waals surface area contributed by atoms with Crippen molar-refractivity contribution in [2.24, 2.45) is 4.99 Å². The number of hydrogen-bond acceptors (Lipinski definition) is 3. The van der Waals surface area contributed by atoms with Crippen LogP contribution in [0.1, 0.15) is 57.1 Å². The molecule has 0 aliphatic heterocycles. The highest BCUT2D eigenvalue weighted by Gasteiger charge is 2.11. The average Bonchev–Trinajstić information content (AvgIpc) is 2.68. The molecule has 1 aromatic heterocycles. The van der Waals surface area contributed by atoms with Crippen molar-refractivity contribution >= 4 is 17.4 Å². The standard InChI is InChI=1S/C19H24N2O.C8H12/c1-8-11-15-12-17(20-14(6)19(15)13(4)5)16(9-2)21-18(10-3)22-7;1-5-8(4)6-7(2)3/h8-12H,2,4H2,1,3,5-7H3;5-6H,1-2H2,3-4H3/b11-8-,18-10+,21-16+;8-6-. The molecule has 0 unspecified atom stereocenters. The van der Waals surface area contributed by atoms with Gasteiger partial charge in [0.25, 0.3) is 0 Å². The number of aromatic nitrogens is 1. The lowest BCUT2D eigenvalue weighted by Gasteiger charge is -2.12. The Morgan fingerprint density at radius 2 is 1.73 bits per heavy atom. The first-order valence-corrected chi connectivity index (χ1v) is 9.83. The molecule has 3 nitrogen and oxygen atoms in total. The Hall–Kier alpha value is -3.20. The fourth-order valence-corrected chi connectivity index (χ4v) is 2.70. The van der Waals surface area contributed by atoms with Crippen molar-refractivity contribution < 1.29 is 4.74 Å². The molecule has 0 atom stereocenters. The average molecular weight is 405 g/mol. The number of ether oxygens (including phenoxy) is 1. The van der Waals surface area contributed by atoms with Crippen LogP contribution in [-0.2, 0) is 4.74 Å². The van der Waals surface area contributed by atoms with Gasteiger partial charge in [0.1, 0.15) is 0 Å². The minimum Gasteiger partial charge on any atom is -0.481 e. The zero-order valence-corrected chi connectivity index (χ0v) is 19.7. The molecular weight excluding hydrogens is 368 g/mol. The number of hydrogen-bond donors (Lipinski definition) is 0. The molecule has 3 heteroatoms. The van der Waals surface area contributed by atoms with Crippen LogP contribution in [0.25, 0.3) is 11.6 Å². The van der Waals surface area contributed by atoms with Crippen molar-refractivity contribution in [2.75, 3.05) is 7.11 Å². The second-order valence-electron chi connectivity index (χ2n) is 6.81. The second kappa shape index (κ2) is 13.9. The van der Waals surface area contributed by atoms with Crippen LogP contribution in [0.4, 0.5) is 0 Å². The Labute approximate surface area is 183 Å². The number of methoxy groups -OCH3 is 1. The van der Waals surface area contributed by atoms with E-state index < -0.39 is 0 Å². The van der Waals surface area contributed by atoms with Crippen LogP contribution in [-0.4, -0.2) is 17.8 Å². The van der Waals surface area contributed by atoms with Gasteiger partial charge in [0.05, 0.1) is 18.5 Å². The van der Waals surface area contributed by atoms with E-state index in [4.69, 9.17) is 4.74 Å². The van der Waals surface area contributed by atoms with E-state index >= 15 is 0 Å². The van der Waals surface area contributed by atoms with Gasteiger partial charge < -0.3 is 4.74 Å². The summed E-state index contributed by atoms with van der Waals surface area (Å²) in [4.78, 5) is 9.10. The maximum Gasteiger partial charge on any atom is 0.209 e. The highest BCUT2D eigenvalue weighted by molar-refractivity contribution is 6.08. The molecule has 0 aromatic carbocycles.